The Morgan fingerprint density at radius 1 is 1.11 bits per heavy atom. The van der Waals surface area contributed by atoms with Crippen LogP contribution in [0.5, 0.6) is 5.75 Å². The molecule has 0 aliphatic rings. The predicted octanol–water partition coefficient (Wildman–Crippen LogP) is 5.10. The van der Waals surface area contributed by atoms with Crippen molar-refractivity contribution in [2.75, 3.05) is 7.11 Å². The second-order valence-corrected chi connectivity index (χ2v) is 5.98. The summed E-state index contributed by atoms with van der Waals surface area (Å²) < 4.78 is 6.61. The van der Waals surface area contributed by atoms with Gasteiger partial charge in [-0.05, 0) is 52.3 Å². The fraction of sp³-hybridized carbons (Fsp3) is 0.0714. The molecule has 5 heteroatoms. The summed E-state index contributed by atoms with van der Waals surface area (Å²) in [4.78, 5) is 12.4. The van der Waals surface area contributed by atoms with E-state index in [0.29, 0.717) is 26.4 Å². The number of hydrogen-bond donors (Lipinski definition) is 0. The van der Waals surface area contributed by atoms with E-state index in [2.05, 4.69) is 31.9 Å². The lowest BCUT2D eigenvalue weighted by molar-refractivity contribution is 0.103. The predicted molar refractivity (Wildman–Crippen MR) is 83.3 cm³/mol. The van der Waals surface area contributed by atoms with Crippen LogP contribution >= 0.6 is 43.5 Å². The fourth-order valence-electron chi connectivity index (χ4n) is 1.63. The molecule has 0 amide bonds. The van der Waals surface area contributed by atoms with Gasteiger partial charge < -0.3 is 4.74 Å². The molecule has 0 saturated carbocycles. The quantitative estimate of drug-likeness (QED) is 0.665. The molecular formula is C14H9Br2ClO2. The van der Waals surface area contributed by atoms with Crippen LogP contribution in [0.4, 0.5) is 0 Å². The molecule has 2 aromatic rings. The maximum absolute atomic E-state index is 12.4. The summed E-state index contributed by atoms with van der Waals surface area (Å²) in [7, 11) is 1.58. The number of ether oxygens (including phenoxy) is 1. The van der Waals surface area contributed by atoms with Crippen LogP contribution in [0.15, 0.2) is 45.3 Å². The van der Waals surface area contributed by atoms with Gasteiger partial charge in [-0.25, -0.2) is 0 Å². The zero-order valence-corrected chi connectivity index (χ0v) is 13.8. The van der Waals surface area contributed by atoms with Gasteiger partial charge in [0.05, 0.1) is 12.1 Å². The normalized spacial score (nSPS) is 10.3. The molecule has 2 nitrogen and oxygen atoms in total. The second-order valence-electron chi connectivity index (χ2n) is 3.80. The first-order valence-corrected chi connectivity index (χ1v) is 7.32. The molecule has 0 fully saturated rings. The van der Waals surface area contributed by atoms with E-state index in [4.69, 9.17) is 16.3 Å². The lowest BCUT2D eigenvalue weighted by Crippen LogP contribution is -2.03. The molecule has 98 valence electrons. The van der Waals surface area contributed by atoms with Crippen LogP contribution < -0.4 is 4.74 Å². The Bertz CT molecular complexity index is 641. The third-order valence-electron chi connectivity index (χ3n) is 2.60. The summed E-state index contributed by atoms with van der Waals surface area (Å²) in [6.45, 7) is 0. The van der Waals surface area contributed by atoms with Crippen molar-refractivity contribution >= 4 is 49.2 Å². The Morgan fingerprint density at radius 2 is 1.79 bits per heavy atom. The highest BCUT2D eigenvalue weighted by atomic mass is 79.9. The van der Waals surface area contributed by atoms with Crippen LogP contribution in [0.1, 0.15) is 15.9 Å². The molecule has 2 aromatic carbocycles. The first-order chi connectivity index (χ1) is 9.02. The van der Waals surface area contributed by atoms with Gasteiger partial charge in [0.1, 0.15) is 5.75 Å². The van der Waals surface area contributed by atoms with Crippen molar-refractivity contribution in [2.45, 2.75) is 0 Å². The third kappa shape index (κ3) is 3.19. The van der Waals surface area contributed by atoms with Gasteiger partial charge in [-0.3, -0.25) is 4.79 Å². The van der Waals surface area contributed by atoms with Gasteiger partial charge in [0.15, 0.2) is 5.78 Å². The molecule has 2 rings (SSSR count). The van der Waals surface area contributed by atoms with E-state index < -0.39 is 0 Å². The molecule has 0 saturated heterocycles. The number of hydrogen-bond acceptors (Lipinski definition) is 2. The van der Waals surface area contributed by atoms with E-state index in [1.807, 2.05) is 0 Å². The van der Waals surface area contributed by atoms with E-state index in [1.54, 1.807) is 43.5 Å². The molecule has 0 aromatic heterocycles. The Balaban J connectivity index is 2.44. The highest BCUT2D eigenvalue weighted by molar-refractivity contribution is 9.10. The Labute approximate surface area is 133 Å². The second kappa shape index (κ2) is 6.07. The minimum atomic E-state index is -0.132. The molecule has 0 radical (unpaired) electrons. The number of carbonyl (C=O) groups excluding carboxylic acids is 1. The molecule has 0 bridgehead atoms. The van der Waals surface area contributed by atoms with Crippen LogP contribution in [0.2, 0.25) is 5.02 Å². The van der Waals surface area contributed by atoms with Crippen molar-refractivity contribution in [1.82, 2.24) is 0 Å². The highest BCUT2D eigenvalue weighted by Gasteiger charge is 2.16. The van der Waals surface area contributed by atoms with E-state index >= 15 is 0 Å². The SMILES string of the molecule is COc1ccc(C(=O)c2ccc(Br)cc2Cl)c(Br)c1. The summed E-state index contributed by atoms with van der Waals surface area (Å²) in [5, 5.41) is 0.419. The molecule has 0 unspecified atom stereocenters. The Morgan fingerprint density at radius 3 is 2.37 bits per heavy atom. The van der Waals surface area contributed by atoms with E-state index in [-0.39, 0.29) is 5.78 Å². The van der Waals surface area contributed by atoms with E-state index in [0.717, 1.165) is 4.47 Å². The van der Waals surface area contributed by atoms with Crippen molar-refractivity contribution in [2.24, 2.45) is 0 Å². The maximum Gasteiger partial charge on any atom is 0.195 e. The zero-order chi connectivity index (χ0) is 14.0. The average Bonchev–Trinajstić information content (AvgIpc) is 2.37. The smallest absolute Gasteiger partial charge is 0.195 e. The van der Waals surface area contributed by atoms with Crippen molar-refractivity contribution in [3.05, 3.63) is 61.5 Å². The van der Waals surface area contributed by atoms with Crippen molar-refractivity contribution in [3.8, 4) is 5.75 Å². The first kappa shape index (κ1) is 14.6. The molecule has 0 heterocycles. The number of carbonyl (C=O) groups is 1. The molecule has 19 heavy (non-hydrogen) atoms. The minimum Gasteiger partial charge on any atom is -0.497 e. The molecule has 0 spiro atoms. The average molecular weight is 404 g/mol. The van der Waals surface area contributed by atoms with E-state index in [9.17, 15) is 4.79 Å². The van der Waals surface area contributed by atoms with Gasteiger partial charge >= 0.3 is 0 Å². The van der Waals surface area contributed by atoms with Crippen LogP contribution in [-0.4, -0.2) is 12.9 Å². The molecule has 0 atom stereocenters. The summed E-state index contributed by atoms with van der Waals surface area (Å²) in [6, 6.07) is 10.4. The topological polar surface area (TPSA) is 26.3 Å². The van der Waals surface area contributed by atoms with E-state index in [1.165, 1.54) is 0 Å². The summed E-state index contributed by atoms with van der Waals surface area (Å²) >= 11 is 12.8. The van der Waals surface area contributed by atoms with Gasteiger partial charge in [0, 0.05) is 20.1 Å². The standard InChI is InChI=1S/C14H9Br2ClO2/c1-19-9-3-5-10(12(16)7-9)14(18)11-4-2-8(15)6-13(11)17/h2-7H,1H3. The van der Waals surface area contributed by atoms with Crippen LogP contribution in [0.3, 0.4) is 0 Å². The van der Waals surface area contributed by atoms with Gasteiger partial charge in [0.25, 0.3) is 0 Å². The Hall–Kier alpha value is -0.840. The lowest BCUT2D eigenvalue weighted by atomic mass is 10.0. The van der Waals surface area contributed by atoms with Crippen LogP contribution in [0, 0.1) is 0 Å². The Kier molecular flexibility index (Phi) is 4.66. The van der Waals surface area contributed by atoms with Crippen molar-refractivity contribution in [1.29, 1.82) is 0 Å². The van der Waals surface area contributed by atoms with Crippen molar-refractivity contribution < 1.29 is 9.53 Å². The number of rotatable bonds is 3. The third-order valence-corrected chi connectivity index (χ3v) is 4.06. The summed E-state index contributed by atoms with van der Waals surface area (Å²) in [5.41, 5.74) is 1.01. The first-order valence-electron chi connectivity index (χ1n) is 5.36. The minimum absolute atomic E-state index is 0.132. The van der Waals surface area contributed by atoms with Gasteiger partial charge in [-0.15, -0.1) is 0 Å². The zero-order valence-electron chi connectivity index (χ0n) is 9.91. The summed E-state index contributed by atoms with van der Waals surface area (Å²) in [5.74, 6) is 0.553. The molecule has 0 N–H and O–H groups in total. The van der Waals surface area contributed by atoms with Crippen LogP contribution in [0.25, 0.3) is 0 Å². The van der Waals surface area contributed by atoms with Gasteiger partial charge in [-0.2, -0.15) is 0 Å². The number of methoxy groups -OCH3 is 1. The largest absolute Gasteiger partial charge is 0.497 e. The molecular weight excluding hydrogens is 395 g/mol. The molecule has 0 aliphatic carbocycles. The highest BCUT2D eigenvalue weighted by Crippen LogP contribution is 2.28. The number of halogens is 3. The van der Waals surface area contributed by atoms with Gasteiger partial charge in [-0.1, -0.05) is 27.5 Å². The lowest BCUT2D eigenvalue weighted by Gasteiger charge is -2.08. The van der Waals surface area contributed by atoms with Crippen molar-refractivity contribution in [3.63, 3.8) is 0 Å². The summed E-state index contributed by atoms with van der Waals surface area (Å²) in [6.07, 6.45) is 0. The fourth-order valence-corrected chi connectivity index (χ4v) is 2.92. The van der Waals surface area contributed by atoms with Crippen LogP contribution in [-0.2, 0) is 0 Å². The molecule has 0 aliphatic heterocycles. The number of ketones is 1. The maximum atomic E-state index is 12.4. The monoisotopic (exact) mass is 402 g/mol. The van der Waals surface area contributed by atoms with Gasteiger partial charge in [0.2, 0.25) is 0 Å². The number of benzene rings is 2.